The van der Waals surface area contributed by atoms with Gasteiger partial charge in [0.05, 0.1) is 13.0 Å². The molecule has 1 aromatic carbocycles. The molecule has 0 bridgehead atoms. The summed E-state index contributed by atoms with van der Waals surface area (Å²) >= 11 is 6.13. The van der Waals surface area contributed by atoms with Crippen molar-refractivity contribution in [1.82, 2.24) is 9.80 Å². The first kappa shape index (κ1) is 18.2. The predicted octanol–water partition coefficient (Wildman–Crippen LogP) is 2.37. The largest absolute Gasteiger partial charge is 0.368 e. The highest BCUT2D eigenvalue weighted by atomic mass is 35.5. The van der Waals surface area contributed by atoms with Gasteiger partial charge in [0.25, 0.3) is 5.91 Å². The topological polar surface area (TPSA) is 49.9 Å². The zero-order valence-corrected chi connectivity index (χ0v) is 15.4. The molecular weight excluding hydrogens is 340 g/mol. The molecule has 1 unspecified atom stereocenters. The number of benzene rings is 1. The second-order valence-electron chi connectivity index (χ2n) is 6.89. The van der Waals surface area contributed by atoms with Crippen LogP contribution in [0.1, 0.15) is 25.3 Å². The van der Waals surface area contributed by atoms with Crippen molar-refractivity contribution >= 4 is 23.4 Å². The Hall–Kier alpha value is -1.59. The number of amides is 2. The van der Waals surface area contributed by atoms with E-state index in [-0.39, 0.29) is 11.8 Å². The average molecular weight is 365 g/mol. The van der Waals surface area contributed by atoms with E-state index in [0.717, 1.165) is 5.56 Å². The molecule has 3 rings (SSSR count). The Morgan fingerprint density at radius 1 is 1.16 bits per heavy atom. The van der Waals surface area contributed by atoms with Crippen LogP contribution in [0.15, 0.2) is 24.3 Å². The lowest BCUT2D eigenvalue weighted by molar-refractivity contribution is -0.147. The molecule has 0 aromatic heterocycles. The molecule has 1 saturated carbocycles. The third-order valence-corrected chi connectivity index (χ3v) is 5.24. The van der Waals surface area contributed by atoms with E-state index in [0.29, 0.717) is 50.1 Å². The number of piperazine rings is 1. The Morgan fingerprint density at radius 2 is 1.80 bits per heavy atom. The lowest BCUT2D eigenvalue weighted by atomic mass is 10.1. The van der Waals surface area contributed by atoms with Crippen LogP contribution < -0.4 is 0 Å². The second kappa shape index (κ2) is 8.19. The van der Waals surface area contributed by atoms with Gasteiger partial charge in [0.2, 0.25) is 5.91 Å². The minimum atomic E-state index is -0.397. The Kier molecular flexibility index (Phi) is 5.97. The zero-order valence-electron chi connectivity index (χ0n) is 14.6. The maximum Gasteiger partial charge on any atom is 0.251 e. The highest BCUT2D eigenvalue weighted by Gasteiger charge is 2.29. The quantitative estimate of drug-likeness (QED) is 0.778. The molecule has 6 heteroatoms. The van der Waals surface area contributed by atoms with Gasteiger partial charge in [0.1, 0.15) is 6.10 Å². The van der Waals surface area contributed by atoms with Gasteiger partial charge < -0.3 is 14.5 Å². The maximum absolute atomic E-state index is 12.5. The molecule has 136 valence electrons. The molecule has 1 heterocycles. The Labute approximate surface area is 153 Å². The number of halogens is 1. The van der Waals surface area contributed by atoms with Crippen LogP contribution >= 0.6 is 11.6 Å². The van der Waals surface area contributed by atoms with Gasteiger partial charge in [-0.25, -0.2) is 0 Å². The number of rotatable bonds is 6. The van der Waals surface area contributed by atoms with Crippen molar-refractivity contribution in [2.24, 2.45) is 5.92 Å². The van der Waals surface area contributed by atoms with Gasteiger partial charge in [-0.15, -0.1) is 0 Å². The standard InChI is InChI=1S/C19H25ClN2O3/c1-14(25-13-15-6-7-15)19(24)22-10-8-21(9-11-22)18(23)12-16-4-2-3-5-17(16)20/h2-5,14-15H,6-13H2,1H3. The number of carbonyl (C=O) groups excluding carboxylic acids is 2. The van der Waals surface area contributed by atoms with Crippen molar-refractivity contribution in [2.75, 3.05) is 32.8 Å². The summed E-state index contributed by atoms with van der Waals surface area (Å²) in [7, 11) is 0. The summed E-state index contributed by atoms with van der Waals surface area (Å²) in [6, 6.07) is 7.41. The zero-order chi connectivity index (χ0) is 17.8. The van der Waals surface area contributed by atoms with Crippen molar-refractivity contribution in [3.8, 4) is 0 Å². The summed E-state index contributed by atoms with van der Waals surface area (Å²) in [5.41, 5.74) is 0.842. The average Bonchev–Trinajstić information content (AvgIpc) is 3.45. The lowest BCUT2D eigenvalue weighted by Gasteiger charge is -2.36. The molecule has 0 radical (unpaired) electrons. The highest BCUT2D eigenvalue weighted by Crippen LogP contribution is 2.29. The number of ether oxygens (including phenoxy) is 1. The summed E-state index contributed by atoms with van der Waals surface area (Å²) in [5, 5.41) is 0.617. The van der Waals surface area contributed by atoms with E-state index in [2.05, 4.69) is 0 Å². The normalized spacial score (nSPS) is 19.0. The first-order chi connectivity index (χ1) is 12.0. The molecule has 1 aromatic rings. The van der Waals surface area contributed by atoms with Crippen LogP contribution in [-0.2, 0) is 20.7 Å². The molecule has 1 saturated heterocycles. The van der Waals surface area contributed by atoms with Gasteiger partial charge >= 0.3 is 0 Å². The van der Waals surface area contributed by atoms with Crippen LogP contribution in [0.3, 0.4) is 0 Å². The van der Waals surface area contributed by atoms with Crippen LogP contribution in [0.4, 0.5) is 0 Å². The van der Waals surface area contributed by atoms with E-state index >= 15 is 0 Å². The van der Waals surface area contributed by atoms with Gasteiger partial charge in [-0.05, 0) is 37.3 Å². The first-order valence-electron chi connectivity index (χ1n) is 8.96. The third-order valence-electron chi connectivity index (χ3n) is 4.87. The number of carbonyl (C=O) groups is 2. The smallest absolute Gasteiger partial charge is 0.251 e. The van der Waals surface area contributed by atoms with Crippen molar-refractivity contribution < 1.29 is 14.3 Å². The second-order valence-corrected chi connectivity index (χ2v) is 7.30. The van der Waals surface area contributed by atoms with E-state index in [1.54, 1.807) is 11.0 Å². The molecule has 0 N–H and O–H groups in total. The van der Waals surface area contributed by atoms with Crippen molar-refractivity contribution in [1.29, 1.82) is 0 Å². The van der Waals surface area contributed by atoms with Gasteiger partial charge in [0, 0.05) is 31.2 Å². The molecule has 1 aliphatic heterocycles. The summed E-state index contributed by atoms with van der Waals surface area (Å²) in [5.74, 6) is 0.728. The molecule has 1 aliphatic carbocycles. The monoisotopic (exact) mass is 364 g/mol. The van der Waals surface area contributed by atoms with Gasteiger partial charge in [-0.1, -0.05) is 29.8 Å². The Bertz CT molecular complexity index is 625. The van der Waals surface area contributed by atoms with Crippen LogP contribution in [0.5, 0.6) is 0 Å². The minimum Gasteiger partial charge on any atom is -0.368 e. The maximum atomic E-state index is 12.5. The molecule has 2 amide bonds. The van der Waals surface area contributed by atoms with Crippen LogP contribution in [-0.4, -0.2) is 60.5 Å². The SMILES string of the molecule is CC(OCC1CC1)C(=O)N1CCN(C(=O)Cc2ccccc2Cl)CC1. The highest BCUT2D eigenvalue weighted by molar-refractivity contribution is 6.31. The van der Waals surface area contributed by atoms with Crippen molar-refractivity contribution in [3.05, 3.63) is 34.9 Å². The minimum absolute atomic E-state index is 0.0267. The van der Waals surface area contributed by atoms with Crippen LogP contribution in [0.25, 0.3) is 0 Å². The predicted molar refractivity (Wildman–Crippen MR) is 96.5 cm³/mol. The van der Waals surface area contributed by atoms with Crippen LogP contribution in [0.2, 0.25) is 5.02 Å². The van der Waals surface area contributed by atoms with Gasteiger partial charge in [-0.2, -0.15) is 0 Å². The molecule has 5 nitrogen and oxygen atoms in total. The van der Waals surface area contributed by atoms with Gasteiger partial charge in [-0.3, -0.25) is 9.59 Å². The lowest BCUT2D eigenvalue weighted by Crippen LogP contribution is -2.53. The van der Waals surface area contributed by atoms with Gasteiger partial charge in [0.15, 0.2) is 0 Å². The molecule has 25 heavy (non-hydrogen) atoms. The first-order valence-corrected chi connectivity index (χ1v) is 9.34. The fourth-order valence-electron chi connectivity index (χ4n) is 2.99. The van der Waals surface area contributed by atoms with E-state index < -0.39 is 6.10 Å². The van der Waals surface area contributed by atoms with E-state index in [1.807, 2.05) is 30.0 Å². The van der Waals surface area contributed by atoms with E-state index in [1.165, 1.54) is 12.8 Å². The molecule has 1 atom stereocenters. The summed E-state index contributed by atoms with van der Waals surface area (Å²) in [4.78, 5) is 28.5. The summed E-state index contributed by atoms with van der Waals surface area (Å²) in [6.07, 6.45) is 2.33. The van der Waals surface area contributed by atoms with Crippen LogP contribution in [0, 0.1) is 5.92 Å². The van der Waals surface area contributed by atoms with E-state index in [4.69, 9.17) is 16.3 Å². The fraction of sp³-hybridized carbons (Fsp3) is 0.579. The number of hydrogen-bond acceptors (Lipinski definition) is 3. The van der Waals surface area contributed by atoms with Crippen molar-refractivity contribution in [2.45, 2.75) is 32.3 Å². The van der Waals surface area contributed by atoms with Crippen molar-refractivity contribution in [3.63, 3.8) is 0 Å². The summed E-state index contributed by atoms with van der Waals surface area (Å²) < 4.78 is 5.66. The molecule has 2 fully saturated rings. The molecule has 2 aliphatic rings. The molecular formula is C19H25ClN2O3. The summed E-state index contributed by atoms with van der Waals surface area (Å²) in [6.45, 7) is 4.74. The third kappa shape index (κ3) is 4.95. The number of hydrogen-bond donors (Lipinski definition) is 0. The Morgan fingerprint density at radius 3 is 2.44 bits per heavy atom. The Balaban J connectivity index is 1.45. The fourth-order valence-corrected chi connectivity index (χ4v) is 3.19. The van der Waals surface area contributed by atoms with E-state index in [9.17, 15) is 9.59 Å². The molecule has 0 spiro atoms. The number of nitrogens with zero attached hydrogens (tertiary/aromatic N) is 2.